The van der Waals surface area contributed by atoms with Crippen molar-refractivity contribution in [2.45, 2.75) is 25.8 Å². The number of hydrogen-bond acceptors (Lipinski definition) is 5. The van der Waals surface area contributed by atoms with E-state index in [0.29, 0.717) is 18.2 Å². The van der Waals surface area contributed by atoms with Crippen molar-refractivity contribution in [3.05, 3.63) is 12.3 Å². The number of halogens is 2. The summed E-state index contributed by atoms with van der Waals surface area (Å²) in [4.78, 5) is 14.4. The Morgan fingerprint density at radius 3 is 2.84 bits per heavy atom. The van der Waals surface area contributed by atoms with E-state index >= 15 is 0 Å². The summed E-state index contributed by atoms with van der Waals surface area (Å²) in [5.74, 6) is 1.36. The normalized spacial score (nSPS) is 20.6. The second-order valence-corrected chi connectivity index (χ2v) is 6.36. The van der Waals surface area contributed by atoms with Crippen LogP contribution in [0.25, 0.3) is 0 Å². The minimum Gasteiger partial charge on any atom is -0.379 e. The van der Waals surface area contributed by atoms with Crippen molar-refractivity contribution in [2.75, 3.05) is 51.3 Å². The molecule has 1 amide bonds. The summed E-state index contributed by atoms with van der Waals surface area (Å²) in [5, 5.41) is 10.7. The van der Waals surface area contributed by atoms with Gasteiger partial charge in [0.25, 0.3) is 0 Å². The lowest BCUT2D eigenvalue weighted by Crippen LogP contribution is -2.38. The number of anilines is 1. The lowest BCUT2D eigenvalue weighted by molar-refractivity contribution is -0.116. The zero-order valence-electron chi connectivity index (χ0n) is 14.5. The number of aromatic nitrogens is 2. The molecule has 2 N–H and O–H groups in total. The molecule has 0 bridgehead atoms. The van der Waals surface area contributed by atoms with Crippen LogP contribution >= 0.6 is 24.8 Å². The Kier molecular flexibility index (Phi) is 10.4. The highest BCUT2D eigenvalue weighted by Gasteiger charge is 2.16. The zero-order chi connectivity index (χ0) is 15.9. The van der Waals surface area contributed by atoms with Crippen molar-refractivity contribution in [2.24, 2.45) is 5.92 Å². The molecular weight excluding hydrogens is 365 g/mol. The van der Waals surface area contributed by atoms with Gasteiger partial charge in [0.05, 0.1) is 19.8 Å². The van der Waals surface area contributed by atoms with Gasteiger partial charge in [0.2, 0.25) is 5.91 Å². The lowest BCUT2D eigenvalue weighted by atomic mass is 10.0. The number of amides is 1. The fourth-order valence-corrected chi connectivity index (χ4v) is 3.12. The van der Waals surface area contributed by atoms with Crippen molar-refractivity contribution in [1.29, 1.82) is 0 Å². The number of carbonyl (C=O) groups excluding carboxylic acids is 1. The minimum absolute atomic E-state index is 0. The Bertz CT molecular complexity index is 502. The largest absolute Gasteiger partial charge is 0.379 e. The molecule has 1 aromatic heterocycles. The van der Waals surface area contributed by atoms with E-state index in [-0.39, 0.29) is 30.7 Å². The molecule has 2 fully saturated rings. The Balaban J connectivity index is 0.00000156. The fourth-order valence-electron chi connectivity index (χ4n) is 3.12. The van der Waals surface area contributed by atoms with Gasteiger partial charge in [-0.25, -0.2) is 0 Å². The summed E-state index contributed by atoms with van der Waals surface area (Å²) < 4.78 is 7.24. The maximum Gasteiger partial charge on any atom is 0.225 e. The van der Waals surface area contributed by atoms with Gasteiger partial charge in [-0.3, -0.25) is 14.4 Å². The first-order valence-corrected chi connectivity index (χ1v) is 8.64. The standard InChI is InChI=1S/C16H27N5O2.2ClH/c22-16(2-1-14-3-5-17-13-14)18-15-4-6-21(19-15)8-7-20-9-11-23-12-10-20;;/h4,6,14,17H,1-3,5,7-13H2,(H,18,19,22);2*1H. The number of ether oxygens (including phenoxy) is 1. The molecule has 0 aliphatic carbocycles. The highest BCUT2D eigenvalue weighted by atomic mass is 35.5. The quantitative estimate of drug-likeness (QED) is 0.732. The van der Waals surface area contributed by atoms with Gasteiger partial charge in [-0.2, -0.15) is 5.10 Å². The average molecular weight is 394 g/mol. The second kappa shape index (κ2) is 11.7. The van der Waals surface area contributed by atoms with Crippen LogP contribution in [0.3, 0.4) is 0 Å². The van der Waals surface area contributed by atoms with E-state index in [9.17, 15) is 4.79 Å². The van der Waals surface area contributed by atoms with Gasteiger partial charge < -0.3 is 15.4 Å². The molecule has 25 heavy (non-hydrogen) atoms. The van der Waals surface area contributed by atoms with Crippen molar-refractivity contribution in [3.63, 3.8) is 0 Å². The molecule has 0 aromatic carbocycles. The number of nitrogens with zero attached hydrogens (tertiary/aromatic N) is 3. The van der Waals surface area contributed by atoms with E-state index in [1.807, 2.05) is 16.9 Å². The van der Waals surface area contributed by atoms with Crippen LogP contribution in [-0.2, 0) is 16.1 Å². The first kappa shape index (κ1) is 22.2. The predicted octanol–water partition coefficient (Wildman–Crippen LogP) is 1.39. The molecule has 1 unspecified atom stereocenters. The van der Waals surface area contributed by atoms with E-state index in [4.69, 9.17) is 4.74 Å². The van der Waals surface area contributed by atoms with E-state index in [1.54, 1.807) is 0 Å². The van der Waals surface area contributed by atoms with Crippen LogP contribution in [0.15, 0.2) is 12.3 Å². The summed E-state index contributed by atoms with van der Waals surface area (Å²) in [6.45, 7) is 7.54. The highest BCUT2D eigenvalue weighted by Crippen LogP contribution is 2.15. The Morgan fingerprint density at radius 2 is 2.12 bits per heavy atom. The Hall–Kier alpha value is -0.860. The average Bonchev–Trinajstić information content (AvgIpc) is 3.24. The van der Waals surface area contributed by atoms with Crippen LogP contribution in [0.2, 0.25) is 0 Å². The molecule has 2 aliphatic heterocycles. The Labute approximate surface area is 161 Å². The van der Waals surface area contributed by atoms with Crippen LogP contribution in [0.1, 0.15) is 19.3 Å². The molecule has 9 heteroatoms. The van der Waals surface area contributed by atoms with Gasteiger partial charge in [-0.1, -0.05) is 0 Å². The number of carbonyl (C=O) groups is 1. The third-order valence-electron chi connectivity index (χ3n) is 4.60. The van der Waals surface area contributed by atoms with Crippen LogP contribution in [0, 0.1) is 5.92 Å². The maximum atomic E-state index is 12.0. The van der Waals surface area contributed by atoms with Gasteiger partial charge in [-0.05, 0) is 31.8 Å². The van der Waals surface area contributed by atoms with E-state index < -0.39 is 0 Å². The summed E-state index contributed by atoms with van der Waals surface area (Å²) in [7, 11) is 0. The summed E-state index contributed by atoms with van der Waals surface area (Å²) >= 11 is 0. The fraction of sp³-hybridized carbons (Fsp3) is 0.750. The smallest absolute Gasteiger partial charge is 0.225 e. The molecule has 3 heterocycles. The number of rotatable bonds is 7. The summed E-state index contributed by atoms with van der Waals surface area (Å²) in [6.07, 6.45) is 4.64. The monoisotopic (exact) mass is 393 g/mol. The molecule has 144 valence electrons. The van der Waals surface area contributed by atoms with Crippen molar-refractivity contribution < 1.29 is 9.53 Å². The molecule has 0 spiro atoms. The highest BCUT2D eigenvalue weighted by molar-refractivity contribution is 5.89. The molecule has 3 rings (SSSR count). The molecule has 7 nitrogen and oxygen atoms in total. The van der Waals surface area contributed by atoms with Gasteiger partial charge in [-0.15, -0.1) is 24.8 Å². The van der Waals surface area contributed by atoms with Crippen molar-refractivity contribution in [1.82, 2.24) is 20.0 Å². The third-order valence-corrected chi connectivity index (χ3v) is 4.60. The Morgan fingerprint density at radius 1 is 1.32 bits per heavy atom. The van der Waals surface area contributed by atoms with Gasteiger partial charge >= 0.3 is 0 Å². The van der Waals surface area contributed by atoms with Crippen LogP contribution in [0.4, 0.5) is 5.82 Å². The molecule has 0 radical (unpaired) electrons. The van der Waals surface area contributed by atoms with Crippen molar-refractivity contribution in [3.8, 4) is 0 Å². The molecule has 2 saturated heterocycles. The first-order chi connectivity index (χ1) is 11.3. The molecular formula is C16H29Cl2N5O2. The number of hydrogen-bond donors (Lipinski definition) is 2. The van der Waals surface area contributed by atoms with Gasteiger partial charge in [0.15, 0.2) is 5.82 Å². The maximum absolute atomic E-state index is 12.0. The van der Waals surface area contributed by atoms with Gasteiger partial charge in [0.1, 0.15) is 0 Å². The zero-order valence-corrected chi connectivity index (χ0v) is 16.1. The van der Waals surface area contributed by atoms with Crippen molar-refractivity contribution >= 4 is 36.5 Å². The molecule has 2 aliphatic rings. The van der Waals surface area contributed by atoms with Crippen LogP contribution in [-0.4, -0.2) is 66.5 Å². The van der Waals surface area contributed by atoms with Crippen LogP contribution < -0.4 is 10.6 Å². The topological polar surface area (TPSA) is 71.4 Å². The lowest BCUT2D eigenvalue weighted by Gasteiger charge is -2.26. The van der Waals surface area contributed by atoms with E-state index in [0.717, 1.165) is 58.9 Å². The third kappa shape index (κ3) is 7.50. The first-order valence-electron chi connectivity index (χ1n) is 8.64. The van der Waals surface area contributed by atoms with E-state index in [1.165, 1.54) is 6.42 Å². The number of nitrogens with one attached hydrogen (secondary N) is 2. The summed E-state index contributed by atoms with van der Waals surface area (Å²) in [5.41, 5.74) is 0. The molecule has 1 aromatic rings. The van der Waals surface area contributed by atoms with Gasteiger partial charge in [0, 0.05) is 38.3 Å². The predicted molar refractivity (Wildman–Crippen MR) is 103 cm³/mol. The second-order valence-electron chi connectivity index (χ2n) is 6.36. The van der Waals surface area contributed by atoms with E-state index in [2.05, 4.69) is 20.6 Å². The minimum atomic E-state index is 0. The SMILES string of the molecule is Cl.Cl.O=C(CCC1CCNC1)Nc1ccn(CCN2CCOCC2)n1. The molecule has 1 atom stereocenters. The molecule has 0 saturated carbocycles. The van der Waals surface area contributed by atoms with Crippen LogP contribution in [0.5, 0.6) is 0 Å². The summed E-state index contributed by atoms with van der Waals surface area (Å²) in [6, 6.07) is 1.87. The number of morpholine rings is 1.